The Balaban J connectivity index is 2.47. The molecular weight excluding hydrogens is 250 g/mol. The number of rotatable bonds is 5. The Morgan fingerprint density at radius 1 is 1.16 bits per heavy atom. The Bertz CT molecular complexity index is 566. The first-order valence-electron chi connectivity index (χ1n) is 7.27. The highest BCUT2D eigenvalue weighted by atomic mass is 32.1. The molecule has 1 N–H and O–H groups in total. The first-order valence-corrected chi connectivity index (χ1v) is 8.09. The molecule has 0 aliphatic carbocycles. The van der Waals surface area contributed by atoms with Gasteiger partial charge in [-0.3, -0.25) is 0 Å². The lowest BCUT2D eigenvalue weighted by molar-refractivity contribution is 0.675. The predicted octanol–water partition coefficient (Wildman–Crippen LogP) is 5.14. The summed E-state index contributed by atoms with van der Waals surface area (Å²) in [6, 6.07) is 4.73. The third kappa shape index (κ3) is 3.01. The lowest BCUT2D eigenvalue weighted by Crippen LogP contribution is -2.14. The molecule has 104 valence electrons. The molecule has 0 spiro atoms. The Kier molecular flexibility index (Phi) is 4.64. The average Bonchev–Trinajstić information content (AvgIpc) is 2.68. The zero-order valence-corrected chi connectivity index (χ0v) is 13.6. The van der Waals surface area contributed by atoms with Crippen LogP contribution in [-0.2, 0) is 6.54 Å². The molecular formula is C17H25NS. The molecule has 1 heterocycles. The molecule has 0 aliphatic heterocycles. The Hall–Kier alpha value is -0.860. The third-order valence-electron chi connectivity index (χ3n) is 3.71. The van der Waals surface area contributed by atoms with E-state index < -0.39 is 0 Å². The zero-order chi connectivity index (χ0) is 14.0. The second-order valence-corrected chi connectivity index (χ2v) is 6.84. The van der Waals surface area contributed by atoms with E-state index in [0.29, 0.717) is 5.92 Å². The van der Waals surface area contributed by atoms with Gasteiger partial charge in [0, 0.05) is 16.1 Å². The largest absolute Gasteiger partial charge is 0.312 e. The number of fused-ring (bicyclic) bond motifs is 1. The predicted molar refractivity (Wildman–Crippen MR) is 87.4 cm³/mol. The van der Waals surface area contributed by atoms with Gasteiger partial charge < -0.3 is 5.32 Å². The molecule has 19 heavy (non-hydrogen) atoms. The maximum atomic E-state index is 3.55. The molecule has 0 radical (unpaired) electrons. The van der Waals surface area contributed by atoms with Gasteiger partial charge in [-0.1, -0.05) is 26.8 Å². The van der Waals surface area contributed by atoms with E-state index in [2.05, 4.69) is 52.1 Å². The molecule has 0 fully saturated rings. The standard InChI is InChI=1S/C17H25NS/c1-6-7-18-10-16-17(11(2)3)14-8-12(4)13(5)9-15(14)19-16/h8-9,11,18H,6-7,10H2,1-5H3. The van der Waals surface area contributed by atoms with Crippen LogP contribution in [0.1, 0.15) is 54.7 Å². The molecule has 0 saturated heterocycles. The minimum absolute atomic E-state index is 0.592. The molecule has 0 bridgehead atoms. The van der Waals surface area contributed by atoms with Crippen LogP contribution in [0.25, 0.3) is 10.1 Å². The van der Waals surface area contributed by atoms with Gasteiger partial charge in [-0.25, -0.2) is 0 Å². The van der Waals surface area contributed by atoms with Crippen molar-refractivity contribution in [2.45, 2.75) is 53.5 Å². The molecule has 1 aromatic heterocycles. The van der Waals surface area contributed by atoms with Gasteiger partial charge in [0.2, 0.25) is 0 Å². The number of thiophene rings is 1. The maximum absolute atomic E-state index is 3.55. The summed E-state index contributed by atoms with van der Waals surface area (Å²) in [6.07, 6.45) is 1.19. The van der Waals surface area contributed by atoms with E-state index >= 15 is 0 Å². The van der Waals surface area contributed by atoms with Crippen molar-refractivity contribution >= 4 is 21.4 Å². The quantitative estimate of drug-likeness (QED) is 0.745. The Labute approximate surface area is 121 Å². The first kappa shape index (κ1) is 14.5. The van der Waals surface area contributed by atoms with Crippen LogP contribution in [0.4, 0.5) is 0 Å². The van der Waals surface area contributed by atoms with Crippen molar-refractivity contribution in [1.29, 1.82) is 0 Å². The monoisotopic (exact) mass is 275 g/mol. The van der Waals surface area contributed by atoms with E-state index in [9.17, 15) is 0 Å². The molecule has 0 aliphatic rings. The van der Waals surface area contributed by atoms with Gasteiger partial charge in [-0.2, -0.15) is 0 Å². The Morgan fingerprint density at radius 2 is 1.84 bits per heavy atom. The van der Waals surface area contributed by atoms with E-state index in [4.69, 9.17) is 0 Å². The highest BCUT2D eigenvalue weighted by Crippen LogP contribution is 2.37. The number of benzene rings is 1. The van der Waals surface area contributed by atoms with Crippen molar-refractivity contribution in [2.75, 3.05) is 6.54 Å². The molecule has 1 aromatic carbocycles. The highest BCUT2D eigenvalue weighted by molar-refractivity contribution is 7.19. The van der Waals surface area contributed by atoms with Crippen molar-refractivity contribution in [3.63, 3.8) is 0 Å². The van der Waals surface area contributed by atoms with Gasteiger partial charge in [0.15, 0.2) is 0 Å². The number of hydrogen-bond donors (Lipinski definition) is 1. The summed E-state index contributed by atoms with van der Waals surface area (Å²) in [5.41, 5.74) is 4.35. The van der Waals surface area contributed by atoms with Crippen LogP contribution < -0.4 is 5.32 Å². The molecule has 1 nitrogen and oxygen atoms in total. The topological polar surface area (TPSA) is 12.0 Å². The summed E-state index contributed by atoms with van der Waals surface area (Å²) in [5, 5.41) is 5.02. The van der Waals surface area contributed by atoms with Crippen LogP contribution in [0.15, 0.2) is 12.1 Å². The minimum atomic E-state index is 0.592. The van der Waals surface area contributed by atoms with Gasteiger partial charge in [0.05, 0.1) is 0 Å². The second kappa shape index (κ2) is 6.06. The van der Waals surface area contributed by atoms with Crippen molar-refractivity contribution in [1.82, 2.24) is 5.32 Å². The van der Waals surface area contributed by atoms with E-state index in [1.165, 1.54) is 32.5 Å². The number of aryl methyl sites for hydroxylation is 2. The summed E-state index contributed by atoms with van der Waals surface area (Å²) in [7, 11) is 0. The lowest BCUT2D eigenvalue weighted by Gasteiger charge is -2.09. The maximum Gasteiger partial charge on any atom is 0.0351 e. The van der Waals surface area contributed by atoms with Crippen molar-refractivity contribution < 1.29 is 0 Å². The summed E-state index contributed by atoms with van der Waals surface area (Å²) < 4.78 is 1.44. The molecule has 0 amide bonds. The van der Waals surface area contributed by atoms with Crippen LogP contribution in [0.3, 0.4) is 0 Å². The van der Waals surface area contributed by atoms with Gasteiger partial charge in [0.1, 0.15) is 0 Å². The van der Waals surface area contributed by atoms with E-state index in [0.717, 1.165) is 13.1 Å². The minimum Gasteiger partial charge on any atom is -0.312 e. The Morgan fingerprint density at radius 3 is 2.47 bits per heavy atom. The van der Waals surface area contributed by atoms with E-state index in [1.807, 2.05) is 11.3 Å². The van der Waals surface area contributed by atoms with Gasteiger partial charge >= 0.3 is 0 Å². The molecule has 2 heteroatoms. The van der Waals surface area contributed by atoms with Crippen molar-refractivity contribution in [3.05, 3.63) is 33.7 Å². The summed E-state index contributed by atoms with van der Waals surface area (Å²) in [6.45, 7) is 13.4. The number of nitrogens with one attached hydrogen (secondary N) is 1. The van der Waals surface area contributed by atoms with Crippen LogP contribution in [0, 0.1) is 13.8 Å². The normalized spacial score (nSPS) is 11.7. The average molecular weight is 275 g/mol. The highest BCUT2D eigenvalue weighted by Gasteiger charge is 2.15. The van der Waals surface area contributed by atoms with Crippen LogP contribution in [-0.4, -0.2) is 6.54 Å². The lowest BCUT2D eigenvalue weighted by atomic mass is 9.97. The first-order chi connectivity index (χ1) is 9.04. The van der Waals surface area contributed by atoms with Crippen LogP contribution in [0.5, 0.6) is 0 Å². The molecule has 2 aromatic rings. The second-order valence-electron chi connectivity index (χ2n) is 5.70. The van der Waals surface area contributed by atoms with Gasteiger partial charge in [0.25, 0.3) is 0 Å². The van der Waals surface area contributed by atoms with E-state index in [-0.39, 0.29) is 0 Å². The fourth-order valence-corrected chi connectivity index (χ4v) is 3.98. The SMILES string of the molecule is CCCNCc1sc2cc(C)c(C)cc2c1C(C)C. The summed E-state index contributed by atoms with van der Waals surface area (Å²) in [4.78, 5) is 1.52. The van der Waals surface area contributed by atoms with Crippen LogP contribution >= 0.6 is 11.3 Å². The summed E-state index contributed by atoms with van der Waals surface area (Å²) >= 11 is 1.96. The van der Waals surface area contributed by atoms with Gasteiger partial charge in [-0.15, -0.1) is 11.3 Å². The van der Waals surface area contributed by atoms with Crippen molar-refractivity contribution in [2.24, 2.45) is 0 Å². The molecule has 2 rings (SSSR count). The fraction of sp³-hybridized carbons (Fsp3) is 0.529. The van der Waals surface area contributed by atoms with Crippen LogP contribution in [0.2, 0.25) is 0 Å². The summed E-state index contributed by atoms with van der Waals surface area (Å²) in [5.74, 6) is 0.592. The van der Waals surface area contributed by atoms with E-state index in [1.54, 1.807) is 5.56 Å². The molecule has 0 unspecified atom stereocenters. The van der Waals surface area contributed by atoms with Crippen molar-refractivity contribution in [3.8, 4) is 0 Å². The smallest absolute Gasteiger partial charge is 0.0351 e. The number of hydrogen-bond acceptors (Lipinski definition) is 2. The molecule has 0 saturated carbocycles. The van der Waals surface area contributed by atoms with Gasteiger partial charge in [-0.05, 0) is 60.9 Å². The third-order valence-corrected chi connectivity index (χ3v) is 4.88. The fourth-order valence-electron chi connectivity index (χ4n) is 2.57. The molecule has 0 atom stereocenters. The zero-order valence-electron chi connectivity index (χ0n) is 12.8.